The molecule has 2 aromatic carbocycles. The molecule has 0 atom stereocenters. The Kier molecular flexibility index (Phi) is 5.14. The van der Waals surface area contributed by atoms with Gasteiger partial charge in [-0.3, -0.25) is 14.4 Å². The summed E-state index contributed by atoms with van der Waals surface area (Å²) in [6, 6.07) is 15.4. The van der Waals surface area contributed by atoms with Crippen LogP contribution in [0.15, 0.2) is 66.6 Å². The van der Waals surface area contributed by atoms with E-state index in [1.165, 1.54) is 4.90 Å². The number of thiocarbonyl (C=S) groups is 1. The quantitative estimate of drug-likeness (QED) is 0.521. The summed E-state index contributed by atoms with van der Waals surface area (Å²) in [5, 5.41) is 7.65. The van der Waals surface area contributed by atoms with Crippen molar-refractivity contribution in [2.45, 2.75) is 13.5 Å². The highest BCUT2D eigenvalue weighted by atomic mass is 32.1. The second kappa shape index (κ2) is 7.89. The predicted octanol–water partition coefficient (Wildman–Crippen LogP) is 3.51. The summed E-state index contributed by atoms with van der Waals surface area (Å²) in [6.07, 6.45) is 5.43. The number of carbonyl (C=O) groups is 1. The van der Waals surface area contributed by atoms with Gasteiger partial charge in [-0.1, -0.05) is 18.2 Å². The predicted molar refractivity (Wildman–Crippen MR) is 117 cm³/mol. The largest absolute Gasteiger partial charge is 0.496 e. The third-order valence-corrected chi connectivity index (χ3v) is 4.93. The van der Waals surface area contributed by atoms with Gasteiger partial charge in [0.2, 0.25) is 0 Å². The molecule has 2 heterocycles. The molecule has 1 N–H and O–H groups in total. The highest BCUT2D eigenvalue weighted by Gasteiger charge is 2.31. The molecule has 7 heteroatoms. The fraction of sp³-hybridized carbons (Fsp3) is 0.136. The van der Waals surface area contributed by atoms with E-state index in [4.69, 9.17) is 17.0 Å². The first-order valence-corrected chi connectivity index (χ1v) is 9.54. The molecule has 0 radical (unpaired) electrons. The van der Waals surface area contributed by atoms with Crippen LogP contribution in [0.4, 0.5) is 5.69 Å². The second-order valence-corrected chi connectivity index (χ2v) is 7.13. The van der Waals surface area contributed by atoms with Gasteiger partial charge < -0.3 is 10.1 Å². The molecule has 0 saturated carbocycles. The fourth-order valence-corrected chi connectivity index (χ4v) is 3.58. The Hall–Kier alpha value is -3.45. The maximum absolute atomic E-state index is 13.0. The molecule has 1 saturated heterocycles. The second-order valence-electron chi connectivity index (χ2n) is 6.74. The summed E-state index contributed by atoms with van der Waals surface area (Å²) in [5.41, 5.74) is 4.09. The van der Waals surface area contributed by atoms with Crippen LogP contribution in [0.1, 0.15) is 16.7 Å². The lowest BCUT2D eigenvalue weighted by atomic mass is 10.1. The van der Waals surface area contributed by atoms with Crippen molar-refractivity contribution in [3.05, 3.63) is 83.3 Å². The van der Waals surface area contributed by atoms with Crippen LogP contribution < -0.4 is 15.0 Å². The molecular formula is C22H20N4O2S. The van der Waals surface area contributed by atoms with Crippen molar-refractivity contribution in [1.82, 2.24) is 15.1 Å². The third kappa shape index (κ3) is 3.90. The molecule has 3 aromatic rings. The molecule has 29 heavy (non-hydrogen) atoms. The number of hydrogen-bond acceptors (Lipinski definition) is 4. The zero-order valence-corrected chi connectivity index (χ0v) is 16.9. The number of benzene rings is 2. The first-order valence-electron chi connectivity index (χ1n) is 9.13. The third-order valence-electron chi connectivity index (χ3n) is 4.65. The Morgan fingerprint density at radius 1 is 1.21 bits per heavy atom. The summed E-state index contributed by atoms with van der Waals surface area (Å²) >= 11 is 5.40. The first-order chi connectivity index (χ1) is 14.0. The maximum atomic E-state index is 13.0. The van der Waals surface area contributed by atoms with E-state index in [0.29, 0.717) is 17.4 Å². The molecule has 1 aliphatic heterocycles. The fourth-order valence-electron chi connectivity index (χ4n) is 3.28. The molecule has 6 nitrogen and oxygen atoms in total. The molecule has 0 aliphatic carbocycles. The van der Waals surface area contributed by atoms with E-state index in [-0.39, 0.29) is 5.91 Å². The Balaban J connectivity index is 1.64. The van der Waals surface area contributed by atoms with Crippen LogP contribution in [-0.4, -0.2) is 27.9 Å². The van der Waals surface area contributed by atoms with Gasteiger partial charge in [-0.15, -0.1) is 0 Å². The van der Waals surface area contributed by atoms with Gasteiger partial charge >= 0.3 is 0 Å². The number of aryl methyl sites for hydroxylation is 1. The van der Waals surface area contributed by atoms with Gasteiger partial charge in [0.25, 0.3) is 5.91 Å². The van der Waals surface area contributed by atoms with Crippen molar-refractivity contribution < 1.29 is 9.53 Å². The number of methoxy groups -OCH3 is 1. The highest BCUT2D eigenvalue weighted by Crippen LogP contribution is 2.25. The Labute approximate surface area is 174 Å². The number of carbonyl (C=O) groups excluding carboxylic acids is 1. The van der Waals surface area contributed by atoms with E-state index >= 15 is 0 Å². The van der Waals surface area contributed by atoms with Crippen molar-refractivity contribution in [2.24, 2.45) is 0 Å². The van der Waals surface area contributed by atoms with E-state index in [1.807, 2.05) is 66.3 Å². The van der Waals surface area contributed by atoms with E-state index in [1.54, 1.807) is 19.4 Å². The molecule has 1 amide bonds. The summed E-state index contributed by atoms with van der Waals surface area (Å²) in [4.78, 5) is 14.5. The minimum Gasteiger partial charge on any atom is -0.496 e. The number of anilines is 1. The number of aromatic nitrogens is 2. The number of hydrogen-bond donors (Lipinski definition) is 1. The van der Waals surface area contributed by atoms with Gasteiger partial charge in [-0.25, -0.2) is 0 Å². The number of nitrogens with zero attached hydrogens (tertiary/aromatic N) is 3. The van der Waals surface area contributed by atoms with Crippen molar-refractivity contribution in [3.63, 3.8) is 0 Å². The zero-order chi connectivity index (χ0) is 20.4. The van der Waals surface area contributed by atoms with Gasteiger partial charge in [-0.2, -0.15) is 5.10 Å². The Bertz CT molecular complexity index is 1110. The highest BCUT2D eigenvalue weighted by molar-refractivity contribution is 7.80. The summed E-state index contributed by atoms with van der Waals surface area (Å²) in [6.45, 7) is 2.55. The summed E-state index contributed by atoms with van der Waals surface area (Å²) in [7, 11) is 1.64. The molecule has 1 fully saturated rings. The maximum Gasteiger partial charge on any atom is 0.281 e. The number of amides is 1. The standard InChI is InChI=1S/C22H20N4O2S/c1-15-5-3-6-18(11-15)26-21(27)19(24-22(26)29)13-16-7-8-20(28-2)17(12-16)14-25-10-4-9-23-25/h3-13H,14H2,1-2H3,(H,24,29)/b19-13+. The van der Waals surface area contributed by atoms with Crippen LogP contribution in [0.3, 0.4) is 0 Å². The van der Waals surface area contributed by atoms with Gasteiger partial charge in [-0.05, 0) is 66.7 Å². The van der Waals surface area contributed by atoms with E-state index in [0.717, 1.165) is 28.1 Å². The molecular weight excluding hydrogens is 384 g/mol. The lowest BCUT2D eigenvalue weighted by Gasteiger charge is -2.14. The Morgan fingerprint density at radius 2 is 2.07 bits per heavy atom. The molecule has 146 valence electrons. The summed E-state index contributed by atoms with van der Waals surface area (Å²) in [5.74, 6) is 0.593. The molecule has 1 aliphatic rings. The molecule has 0 bridgehead atoms. The lowest BCUT2D eigenvalue weighted by molar-refractivity contribution is -0.113. The smallest absolute Gasteiger partial charge is 0.281 e. The van der Waals surface area contributed by atoms with Gasteiger partial charge in [0.1, 0.15) is 11.4 Å². The normalized spacial score (nSPS) is 15.1. The number of ether oxygens (including phenoxy) is 1. The average Bonchev–Trinajstić information content (AvgIpc) is 3.30. The number of nitrogens with one attached hydrogen (secondary N) is 1. The van der Waals surface area contributed by atoms with E-state index < -0.39 is 0 Å². The van der Waals surface area contributed by atoms with Crippen LogP contribution in [0.5, 0.6) is 5.75 Å². The topological polar surface area (TPSA) is 59.4 Å². The van der Waals surface area contributed by atoms with Gasteiger partial charge in [0, 0.05) is 18.0 Å². The van der Waals surface area contributed by atoms with Crippen LogP contribution in [-0.2, 0) is 11.3 Å². The van der Waals surface area contributed by atoms with Crippen molar-refractivity contribution in [1.29, 1.82) is 0 Å². The lowest BCUT2D eigenvalue weighted by Crippen LogP contribution is -2.30. The average molecular weight is 404 g/mol. The van der Waals surface area contributed by atoms with Crippen molar-refractivity contribution in [2.75, 3.05) is 12.0 Å². The van der Waals surface area contributed by atoms with Crippen LogP contribution in [0, 0.1) is 6.92 Å². The number of rotatable bonds is 5. The zero-order valence-electron chi connectivity index (χ0n) is 16.1. The summed E-state index contributed by atoms with van der Waals surface area (Å²) < 4.78 is 7.29. The SMILES string of the molecule is COc1ccc(/C=C2/NC(=S)N(c3cccc(C)c3)C2=O)cc1Cn1cccn1. The van der Waals surface area contributed by atoms with Gasteiger partial charge in [0.15, 0.2) is 5.11 Å². The van der Waals surface area contributed by atoms with Gasteiger partial charge in [0.05, 0.1) is 19.3 Å². The Morgan fingerprint density at radius 3 is 2.79 bits per heavy atom. The van der Waals surface area contributed by atoms with E-state index in [2.05, 4.69) is 10.4 Å². The first kappa shape index (κ1) is 18.9. The van der Waals surface area contributed by atoms with Crippen LogP contribution >= 0.6 is 12.2 Å². The van der Waals surface area contributed by atoms with E-state index in [9.17, 15) is 4.79 Å². The minimum absolute atomic E-state index is 0.176. The van der Waals surface area contributed by atoms with Crippen molar-refractivity contribution in [3.8, 4) is 5.75 Å². The molecule has 1 aromatic heterocycles. The molecule has 0 spiro atoms. The van der Waals surface area contributed by atoms with Crippen LogP contribution in [0.2, 0.25) is 0 Å². The van der Waals surface area contributed by atoms with Crippen molar-refractivity contribution >= 4 is 35.0 Å². The monoisotopic (exact) mass is 404 g/mol. The molecule has 0 unspecified atom stereocenters. The van der Waals surface area contributed by atoms with Crippen LogP contribution in [0.25, 0.3) is 6.08 Å². The minimum atomic E-state index is -0.176. The molecule has 4 rings (SSSR count).